The second-order valence-corrected chi connectivity index (χ2v) is 3.26. The average molecular weight is 173 g/mol. The van der Waals surface area contributed by atoms with Gasteiger partial charge in [-0.3, -0.25) is 4.90 Å². The summed E-state index contributed by atoms with van der Waals surface area (Å²) in [6, 6.07) is 0. The highest BCUT2D eigenvalue weighted by molar-refractivity contribution is 4.71. The number of aliphatic hydroxyl groups is 1. The number of rotatable bonds is 4. The third kappa shape index (κ3) is 3.49. The molecule has 0 aromatic rings. The molecule has 4 nitrogen and oxygen atoms in total. The van der Waals surface area contributed by atoms with Crippen molar-refractivity contribution in [2.75, 3.05) is 46.3 Å². The van der Waals surface area contributed by atoms with E-state index in [-0.39, 0.29) is 6.10 Å². The molecule has 12 heavy (non-hydrogen) atoms. The first-order valence-corrected chi connectivity index (χ1v) is 4.58. The van der Waals surface area contributed by atoms with Crippen molar-refractivity contribution in [2.24, 2.45) is 0 Å². The van der Waals surface area contributed by atoms with Gasteiger partial charge in [0.1, 0.15) is 0 Å². The predicted octanol–water partition coefficient (Wildman–Crippen LogP) is -1.53. The van der Waals surface area contributed by atoms with Gasteiger partial charge in [-0.25, -0.2) is 0 Å². The van der Waals surface area contributed by atoms with E-state index in [2.05, 4.69) is 15.5 Å². The van der Waals surface area contributed by atoms with Crippen LogP contribution in [0.4, 0.5) is 0 Å². The van der Waals surface area contributed by atoms with E-state index < -0.39 is 0 Å². The molecular weight excluding hydrogens is 154 g/mol. The zero-order chi connectivity index (χ0) is 8.81. The Balaban J connectivity index is 2.11. The fraction of sp³-hybridized carbons (Fsp3) is 1.00. The molecule has 0 radical (unpaired) electrons. The Morgan fingerprint density at radius 1 is 1.50 bits per heavy atom. The molecule has 1 heterocycles. The van der Waals surface area contributed by atoms with Gasteiger partial charge in [0.2, 0.25) is 0 Å². The minimum Gasteiger partial charge on any atom is -0.390 e. The second kappa shape index (κ2) is 5.48. The van der Waals surface area contributed by atoms with E-state index in [1.807, 2.05) is 7.05 Å². The maximum Gasteiger partial charge on any atom is 0.0791 e. The molecule has 0 spiro atoms. The Morgan fingerprint density at radius 2 is 2.17 bits per heavy atom. The third-order valence-corrected chi connectivity index (χ3v) is 2.12. The maximum absolute atomic E-state index is 9.48. The normalized spacial score (nSPS) is 22.5. The maximum atomic E-state index is 9.48. The number of aliphatic hydroxyl groups excluding tert-OH is 1. The van der Waals surface area contributed by atoms with Gasteiger partial charge in [0.25, 0.3) is 0 Å². The molecule has 0 aromatic carbocycles. The van der Waals surface area contributed by atoms with Crippen molar-refractivity contribution < 1.29 is 5.11 Å². The monoisotopic (exact) mass is 173 g/mol. The summed E-state index contributed by atoms with van der Waals surface area (Å²) in [6.07, 6.45) is -0.229. The van der Waals surface area contributed by atoms with Crippen LogP contribution in [-0.4, -0.2) is 62.4 Å². The number of piperazine rings is 1. The molecule has 0 amide bonds. The molecule has 1 aliphatic rings. The number of hydrogen-bond donors (Lipinski definition) is 3. The second-order valence-electron chi connectivity index (χ2n) is 3.26. The summed E-state index contributed by atoms with van der Waals surface area (Å²) >= 11 is 0. The molecule has 1 aliphatic heterocycles. The van der Waals surface area contributed by atoms with Crippen molar-refractivity contribution in [1.29, 1.82) is 0 Å². The number of nitrogens with one attached hydrogen (secondary N) is 2. The quantitative estimate of drug-likeness (QED) is 0.483. The lowest BCUT2D eigenvalue weighted by Gasteiger charge is -2.28. The highest BCUT2D eigenvalue weighted by Crippen LogP contribution is 1.94. The smallest absolute Gasteiger partial charge is 0.0791 e. The molecule has 4 heteroatoms. The largest absolute Gasteiger partial charge is 0.390 e. The van der Waals surface area contributed by atoms with E-state index in [1.165, 1.54) is 0 Å². The van der Waals surface area contributed by atoms with Crippen molar-refractivity contribution in [2.45, 2.75) is 6.10 Å². The molecule has 0 saturated carbocycles. The van der Waals surface area contributed by atoms with Gasteiger partial charge in [-0.05, 0) is 7.05 Å². The lowest BCUT2D eigenvalue weighted by molar-refractivity contribution is 0.106. The van der Waals surface area contributed by atoms with Crippen LogP contribution in [0.3, 0.4) is 0 Å². The van der Waals surface area contributed by atoms with Crippen LogP contribution in [0, 0.1) is 0 Å². The van der Waals surface area contributed by atoms with E-state index >= 15 is 0 Å². The van der Waals surface area contributed by atoms with Gasteiger partial charge < -0.3 is 15.7 Å². The van der Waals surface area contributed by atoms with Crippen LogP contribution in [0.2, 0.25) is 0 Å². The van der Waals surface area contributed by atoms with Crippen molar-refractivity contribution in [3.8, 4) is 0 Å². The SMILES string of the molecule is CNCC(O)CN1CCNCC1. The summed E-state index contributed by atoms with van der Waals surface area (Å²) in [7, 11) is 1.86. The topological polar surface area (TPSA) is 47.5 Å². The van der Waals surface area contributed by atoms with Gasteiger partial charge >= 0.3 is 0 Å². The van der Waals surface area contributed by atoms with Gasteiger partial charge in [-0.1, -0.05) is 0 Å². The molecule has 1 unspecified atom stereocenters. The molecule has 1 atom stereocenters. The van der Waals surface area contributed by atoms with Crippen molar-refractivity contribution >= 4 is 0 Å². The molecule has 0 aliphatic carbocycles. The van der Waals surface area contributed by atoms with Crippen LogP contribution in [-0.2, 0) is 0 Å². The van der Waals surface area contributed by atoms with Crippen LogP contribution < -0.4 is 10.6 Å². The van der Waals surface area contributed by atoms with Gasteiger partial charge in [-0.15, -0.1) is 0 Å². The zero-order valence-electron chi connectivity index (χ0n) is 7.71. The zero-order valence-corrected chi connectivity index (χ0v) is 7.71. The molecule has 0 bridgehead atoms. The number of likely N-dealkylation sites (N-methyl/N-ethyl adjacent to an activating group) is 1. The van der Waals surface area contributed by atoms with E-state index in [9.17, 15) is 5.11 Å². The molecular formula is C8H19N3O. The summed E-state index contributed by atoms with van der Waals surface area (Å²) in [5, 5.41) is 15.7. The molecule has 72 valence electrons. The van der Waals surface area contributed by atoms with Gasteiger partial charge in [-0.2, -0.15) is 0 Å². The first-order valence-electron chi connectivity index (χ1n) is 4.58. The minimum absolute atomic E-state index is 0.229. The third-order valence-electron chi connectivity index (χ3n) is 2.12. The number of β-amino-alcohol motifs (C(OH)–C–C–N with tert-alkyl or cyclic N) is 1. The molecule has 1 fully saturated rings. The summed E-state index contributed by atoms with van der Waals surface area (Å²) in [5.74, 6) is 0. The first kappa shape index (κ1) is 9.92. The Bertz CT molecular complexity index is 115. The molecule has 0 aromatic heterocycles. The van der Waals surface area contributed by atoms with Crippen LogP contribution >= 0.6 is 0 Å². The van der Waals surface area contributed by atoms with E-state index in [1.54, 1.807) is 0 Å². The van der Waals surface area contributed by atoms with Crippen LogP contribution in [0.15, 0.2) is 0 Å². The number of hydrogen-bond acceptors (Lipinski definition) is 4. The Hall–Kier alpha value is -0.160. The standard InChI is InChI=1S/C8H19N3O/c1-9-6-8(12)7-11-4-2-10-3-5-11/h8-10,12H,2-7H2,1H3. The van der Waals surface area contributed by atoms with Crippen molar-refractivity contribution in [1.82, 2.24) is 15.5 Å². The Labute approximate surface area is 73.9 Å². The van der Waals surface area contributed by atoms with Gasteiger partial charge in [0.05, 0.1) is 6.10 Å². The van der Waals surface area contributed by atoms with Crippen molar-refractivity contribution in [3.05, 3.63) is 0 Å². The van der Waals surface area contributed by atoms with Gasteiger partial charge in [0, 0.05) is 39.3 Å². The van der Waals surface area contributed by atoms with Crippen molar-refractivity contribution in [3.63, 3.8) is 0 Å². The molecule has 1 saturated heterocycles. The summed E-state index contributed by atoms with van der Waals surface area (Å²) in [6.45, 7) is 5.69. The van der Waals surface area contributed by atoms with Crippen LogP contribution in [0.25, 0.3) is 0 Å². The highest BCUT2D eigenvalue weighted by atomic mass is 16.3. The molecule has 3 N–H and O–H groups in total. The minimum atomic E-state index is -0.229. The first-order chi connectivity index (χ1) is 5.83. The van der Waals surface area contributed by atoms with Gasteiger partial charge in [0.15, 0.2) is 0 Å². The van der Waals surface area contributed by atoms with Crippen LogP contribution in [0.1, 0.15) is 0 Å². The number of nitrogens with zero attached hydrogens (tertiary/aromatic N) is 1. The Morgan fingerprint density at radius 3 is 2.75 bits per heavy atom. The predicted molar refractivity (Wildman–Crippen MR) is 49.2 cm³/mol. The molecule has 1 rings (SSSR count). The fourth-order valence-corrected chi connectivity index (χ4v) is 1.49. The lowest BCUT2D eigenvalue weighted by atomic mass is 10.3. The fourth-order valence-electron chi connectivity index (χ4n) is 1.49. The Kier molecular flexibility index (Phi) is 4.53. The van der Waals surface area contributed by atoms with E-state index in [0.29, 0.717) is 6.54 Å². The summed E-state index contributed by atoms with van der Waals surface area (Å²) < 4.78 is 0. The van der Waals surface area contributed by atoms with Crippen LogP contribution in [0.5, 0.6) is 0 Å². The average Bonchev–Trinajstić information content (AvgIpc) is 2.06. The lowest BCUT2D eigenvalue weighted by Crippen LogP contribution is -2.47. The summed E-state index contributed by atoms with van der Waals surface area (Å²) in [5.41, 5.74) is 0. The highest BCUT2D eigenvalue weighted by Gasteiger charge is 2.12. The van der Waals surface area contributed by atoms with E-state index in [4.69, 9.17) is 0 Å². The van der Waals surface area contributed by atoms with E-state index in [0.717, 1.165) is 32.7 Å². The summed E-state index contributed by atoms with van der Waals surface area (Å²) in [4.78, 5) is 2.29.